The maximum atomic E-state index is 5.50. The smallest absolute Gasteiger partial charge is 0.122 e. The first kappa shape index (κ1) is 8.16. The highest BCUT2D eigenvalue weighted by molar-refractivity contribution is 7.09. The highest BCUT2D eigenvalue weighted by Gasteiger charge is 2.20. The SMILES string of the molecule is NCc1csc(C2CCCO2)n1. The molecule has 1 unspecified atom stereocenters. The number of ether oxygens (including phenoxy) is 1. The molecule has 12 heavy (non-hydrogen) atoms. The molecule has 2 N–H and O–H groups in total. The summed E-state index contributed by atoms with van der Waals surface area (Å²) >= 11 is 1.66. The fourth-order valence-corrected chi connectivity index (χ4v) is 2.25. The van der Waals surface area contributed by atoms with Gasteiger partial charge in [0.2, 0.25) is 0 Å². The third kappa shape index (κ3) is 1.50. The number of hydrogen-bond acceptors (Lipinski definition) is 4. The van der Waals surface area contributed by atoms with Crippen LogP contribution in [0.15, 0.2) is 5.38 Å². The molecule has 1 aliphatic rings. The first-order valence-electron chi connectivity index (χ1n) is 4.16. The minimum Gasteiger partial charge on any atom is -0.371 e. The van der Waals surface area contributed by atoms with E-state index < -0.39 is 0 Å². The molecular formula is C8H12N2OS. The van der Waals surface area contributed by atoms with E-state index in [4.69, 9.17) is 10.5 Å². The molecule has 0 aromatic carbocycles. The van der Waals surface area contributed by atoms with E-state index in [2.05, 4.69) is 4.98 Å². The van der Waals surface area contributed by atoms with Gasteiger partial charge in [-0.1, -0.05) is 0 Å². The number of hydrogen-bond donors (Lipinski definition) is 1. The van der Waals surface area contributed by atoms with Crippen LogP contribution in [-0.2, 0) is 11.3 Å². The van der Waals surface area contributed by atoms with Crippen LogP contribution in [0.5, 0.6) is 0 Å². The minimum absolute atomic E-state index is 0.246. The van der Waals surface area contributed by atoms with Crippen LogP contribution in [0.3, 0.4) is 0 Å². The van der Waals surface area contributed by atoms with Crippen LogP contribution in [0.2, 0.25) is 0 Å². The van der Waals surface area contributed by atoms with E-state index in [0.717, 1.165) is 30.2 Å². The molecular weight excluding hydrogens is 172 g/mol. The van der Waals surface area contributed by atoms with Gasteiger partial charge in [-0.2, -0.15) is 0 Å². The summed E-state index contributed by atoms with van der Waals surface area (Å²) in [7, 11) is 0. The molecule has 66 valence electrons. The molecule has 1 aromatic heterocycles. The number of nitrogens with zero attached hydrogens (tertiary/aromatic N) is 1. The average molecular weight is 184 g/mol. The Hall–Kier alpha value is -0.450. The van der Waals surface area contributed by atoms with Crippen molar-refractivity contribution >= 4 is 11.3 Å². The lowest BCUT2D eigenvalue weighted by Crippen LogP contribution is -1.99. The lowest BCUT2D eigenvalue weighted by Gasteiger charge is -2.03. The van der Waals surface area contributed by atoms with Crippen LogP contribution in [0.25, 0.3) is 0 Å². The van der Waals surface area contributed by atoms with Gasteiger partial charge in [0.15, 0.2) is 0 Å². The molecule has 0 amide bonds. The molecule has 4 heteroatoms. The minimum atomic E-state index is 0.246. The van der Waals surface area contributed by atoms with Crippen molar-refractivity contribution < 1.29 is 4.74 Å². The first-order valence-corrected chi connectivity index (χ1v) is 5.04. The van der Waals surface area contributed by atoms with Crippen LogP contribution < -0.4 is 5.73 Å². The van der Waals surface area contributed by atoms with Crippen molar-refractivity contribution in [3.05, 3.63) is 16.1 Å². The highest BCUT2D eigenvalue weighted by atomic mass is 32.1. The van der Waals surface area contributed by atoms with Crippen molar-refractivity contribution in [2.75, 3.05) is 6.61 Å². The zero-order chi connectivity index (χ0) is 8.39. The van der Waals surface area contributed by atoms with Crippen LogP contribution >= 0.6 is 11.3 Å². The number of aromatic nitrogens is 1. The van der Waals surface area contributed by atoms with Crippen molar-refractivity contribution in [1.82, 2.24) is 4.98 Å². The second-order valence-corrected chi connectivity index (χ2v) is 3.77. The Bertz CT molecular complexity index is 255. The normalized spacial score (nSPS) is 23.2. The van der Waals surface area contributed by atoms with E-state index in [0.29, 0.717) is 6.54 Å². The van der Waals surface area contributed by atoms with Gasteiger partial charge in [0.05, 0.1) is 5.69 Å². The standard InChI is InChI=1S/C8H12N2OS/c9-4-6-5-12-8(10-6)7-2-1-3-11-7/h5,7H,1-4,9H2. The Kier molecular flexibility index (Phi) is 2.39. The molecule has 0 spiro atoms. The van der Waals surface area contributed by atoms with Crippen molar-refractivity contribution in [3.8, 4) is 0 Å². The first-order chi connectivity index (χ1) is 5.90. The third-order valence-electron chi connectivity index (χ3n) is 1.98. The molecule has 1 atom stereocenters. The van der Waals surface area contributed by atoms with Crippen molar-refractivity contribution in [2.24, 2.45) is 5.73 Å². The van der Waals surface area contributed by atoms with Gasteiger partial charge < -0.3 is 10.5 Å². The van der Waals surface area contributed by atoms with Crippen LogP contribution in [0.4, 0.5) is 0 Å². The predicted octanol–water partition coefficient (Wildman–Crippen LogP) is 1.45. The van der Waals surface area contributed by atoms with Gasteiger partial charge in [-0.3, -0.25) is 0 Å². The number of nitrogens with two attached hydrogens (primary N) is 1. The molecule has 2 rings (SSSR count). The summed E-state index contributed by atoms with van der Waals surface area (Å²) in [5, 5.41) is 3.10. The van der Waals surface area contributed by atoms with Gasteiger partial charge in [-0.05, 0) is 12.8 Å². The summed E-state index contributed by atoms with van der Waals surface area (Å²) in [5.74, 6) is 0. The molecule has 1 aromatic rings. The lowest BCUT2D eigenvalue weighted by molar-refractivity contribution is 0.111. The molecule has 0 radical (unpaired) electrons. The van der Waals surface area contributed by atoms with Crippen molar-refractivity contribution in [1.29, 1.82) is 0 Å². The molecule has 1 fully saturated rings. The molecule has 1 aliphatic heterocycles. The summed E-state index contributed by atoms with van der Waals surface area (Å²) in [6.07, 6.45) is 2.51. The van der Waals surface area contributed by atoms with Crippen LogP contribution in [-0.4, -0.2) is 11.6 Å². The molecule has 1 saturated heterocycles. The van der Waals surface area contributed by atoms with E-state index in [1.807, 2.05) is 5.38 Å². The highest BCUT2D eigenvalue weighted by Crippen LogP contribution is 2.30. The van der Waals surface area contributed by atoms with Gasteiger partial charge >= 0.3 is 0 Å². The molecule has 3 nitrogen and oxygen atoms in total. The van der Waals surface area contributed by atoms with Gasteiger partial charge in [0, 0.05) is 18.5 Å². The Morgan fingerprint density at radius 1 is 1.75 bits per heavy atom. The lowest BCUT2D eigenvalue weighted by atomic mass is 10.2. The van der Waals surface area contributed by atoms with Gasteiger partial charge in [0.25, 0.3) is 0 Å². The topological polar surface area (TPSA) is 48.1 Å². The van der Waals surface area contributed by atoms with E-state index in [1.165, 1.54) is 0 Å². The van der Waals surface area contributed by atoms with E-state index in [9.17, 15) is 0 Å². The fourth-order valence-electron chi connectivity index (χ4n) is 1.34. The maximum absolute atomic E-state index is 5.50. The predicted molar refractivity (Wildman–Crippen MR) is 47.9 cm³/mol. The maximum Gasteiger partial charge on any atom is 0.122 e. The number of rotatable bonds is 2. The Balaban J connectivity index is 2.11. The van der Waals surface area contributed by atoms with Crippen LogP contribution in [0, 0.1) is 0 Å². The third-order valence-corrected chi connectivity index (χ3v) is 2.97. The van der Waals surface area contributed by atoms with Gasteiger partial charge in [-0.15, -0.1) is 11.3 Å². The van der Waals surface area contributed by atoms with Gasteiger partial charge in [0.1, 0.15) is 11.1 Å². The van der Waals surface area contributed by atoms with E-state index >= 15 is 0 Å². The monoisotopic (exact) mass is 184 g/mol. The summed E-state index contributed by atoms with van der Waals surface area (Å²) in [4.78, 5) is 4.38. The largest absolute Gasteiger partial charge is 0.371 e. The molecule has 0 saturated carbocycles. The van der Waals surface area contributed by atoms with Crippen LogP contribution in [0.1, 0.15) is 29.6 Å². The average Bonchev–Trinajstić information content (AvgIpc) is 2.75. The number of thiazole rings is 1. The zero-order valence-electron chi connectivity index (χ0n) is 6.82. The summed E-state index contributed by atoms with van der Waals surface area (Å²) in [6.45, 7) is 1.41. The molecule has 0 aliphatic carbocycles. The zero-order valence-corrected chi connectivity index (χ0v) is 7.64. The van der Waals surface area contributed by atoms with Gasteiger partial charge in [-0.25, -0.2) is 4.98 Å². The summed E-state index contributed by atoms with van der Waals surface area (Å²) < 4.78 is 5.50. The fraction of sp³-hybridized carbons (Fsp3) is 0.625. The second kappa shape index (κ2) is 3.51. The Morgan fingerprint density at radius 3 is 3.25 bits per heavy atom. The Labute approximate surface area is 75.6 Å². The quantitative estimate of drug-likeness (QED) is 0.756. The van der Waals surface area contributed by atoms with E-state index in [1.54, 1.807) is 11.3 Å². The second-order valence-electron chi connectivity index (χ2n) is 2.88. The summed E-state index contributed by atoms with van der Waals surface area (Å²) in [5.41, 5.74) is 6.44. The summed E-state index contributed by atoms with van der Waals surface area (Å²) in [6, 6.07) is 0. The van der Waals surface area contributed by atoms with Crippen molar-refractivity contribution in [2.45, 2.75) is 25.5 Å². The van der Waals surface area contributed by atoms with E-state index in [-0.39, 0.29) is 6.10 Å². The Morgan fingerprint density at radius 2 is 2.67 bits per heavy atom. The molecule has 0 bridgehead atoms. The molecule has 2 heterocycles. The van der Waals surface area contributed by atoms with Crippen molar-refractivity contribution in [3.63, 3.8) is 0 Å².